The standard InChI is InChI=1S/C12H13IN2O3/c1-8-12(17)14(7-11(16)15(8)18)6-9-2-4-10(13)5-3-9/h2-5,8,18H,6-7H2,1H3. The lowest BCUT2D eigenvalue weighted by molar-refractivity contribution is -0.192. The number of nitrogens with zero attached hydrogens (tertiary/aromatic N) is 2. The topological polar surface area (TPSA) is 60.9 Å². The third-order valence-corrected chi connectivity index (χ3v) is 3.62. The molecule has 5 nitrogen and oxygen atoms in total. The second-order valence-corrected chi connectivity index (χ2v) is 5.48. The number of carbonyl (C=O) groups is 2. The molecule has 18 heavy (non-hydrogen) atoms. The van der Waals surface area contributed by atoms with Crippen molar-refractivity contribution < 1.29 is 14.8 Å². The van der Waals surface area contributed by atoms with E-state index in [9.17, 15) is 14.8 Å². The van der Waals surface area contributed by atoms with Gasteiger partial charge in [-0.2, -0.15) is 0 Å². The molecule has 0 aliphatic carbocycles. The fraction of sp³-hybridized carbons (Fsp3) is 0.333. The highest BCUT2D eigenvalue weighted by Gasteiger charge is 2.35. The monoisotopic (exact) mass is 360 g/mol. The Morgan fingerprint density at radius 1 is 1.33 bits per heavy atom. The van der Waals surface area contributed by atoms with E-state index in [2.05, 4.69) is 22.6 Å². The van der Waals surface area contributed by atoms with Crippen molar-refractivity contribution >= 4 is 34.4 Å². The molecular formula is C12H13IN2O3. The largest absolute Gasteiger partial charge is 0.327 e. The first-order chi connectivity index (χ1) is 8.49. The van der Waals surface area contributed by atoms with Crippen LogP contribution in [0.4, 0.5) is 0 Å². The summed E-state index contributed by atoms with van der Waals surface area (Å²) < 4.78 is 1.12. The number of halogens is 1. The third kappa shape index (κ3) is 2.64. The highest BCUT2D eigenvalue weighted by atomic mass is 127. The predicted octanol–water partition coefficient (Wildman–Crippen LogP) is 1.24. The maximum absolute atomic E-state index is 11.9. The first kappa shape index (κ1) is 13.3. The van der Waals surface area contributed by atoms with E-state index in [4.69, 9.17) is 0 Å². The first-order valence-corrected chi connectivity index (χ1v) is 6.61. The molecule has 2 rings (SSSR count). The van der Waals surface area contributed by atoms with Gasteiger partial charge in [-0.05, 0) is 47.2 Å². The van der Waals surface area contributed by atoms with Crippen molar-refractivity contribution in [3.63, 3.8) is 0 Å². The van der Waals surface area contributed by atoms with Gasteiger partial charge >= 0.3 is 0 Å². The molecule has 1 aromatic carbocycles. The van der Waals surface area contributed by atoms with Gasteiger partial charge in [0, 0.05) is 10.1 Å². The normalized spacial score (nSPS) is 20.5. The predicted molar refractivity (Wildman–Crippen MR) is 72.7 cm³/mol. The lowest BCUT2D eigenvalue weighted by Crippen LogP contribution is -2.57. The van der Waals surface area contributed by atoms with Crippen molar-refractivity contribution in [1.29, 1.82) is 0 Å². The number of carbonyl (C=O) groups excluding carboxylic acids is 2. The Morgan fingerprint density at radius 3 is 2.56 bits per heavy atom. The second-order valence-electron chi connectivity index (χ2n) is 4.24. The van der Waals surface area contributed by atoms with Crippen LogP contribution in [0.5, 0.6) is 0 Å². The molecule has 2 amide bonds. The summed E-state index contributed by atoms with van der Waals surface area (Å²) in [6, 6.07) is 6.95. The molecule has 0 saturated carbocycles. The molecule has 0 spiro atoms. The Bertz CT molecular complexity index is 475. The SMILES string of the molecule is CC1C(=O)N(Cc2ccc(I)cc2)CC(=O)N1O. The Balaban J connectivity index is 2.11. The zero-order valence-electron chi connectivity index (χ0n) is 9.84. The molecule has 1 aliphatic rings. The van der Waals surface area contributed by atoms with E-state index in [1.807, 2.05) is 24.3 Å². The third-order valence-electron chi connectivity index (χ3n) is 2.90. The Kier molecular flexibility index (Phi) is 3.86. The lowest BCUT2D eigenvalue weighted by Gasteiger charge is -2.34. The number of hydrogen-bond donors (Lipinski definition) is 1. The van der Waals surface area contributed by atoms with Crippen LogP contribution < -0.4 is 0 Å². The number of piperazine rings is 1. The summed E-state index contributed by atoms with van der Waals surface area (Å²) in [7, 11) is 0. The van der Waals surface area contributed by atoms with Crippen LogP contribution >= 0.6 is 22.6 Å². The number of rotatable bonds is 2. The van der Waals surface area contributed by atoms with Gasteiger partial charge in [0.1, 0.15) is 12.6 Å². The zero-order chi connectivity index (χ0) is 13.3. The van der Waals surface area contributed by atoms with Crippen LogP contribution in [0, 0.1) is 3.57 Å². The second kappa shape index (κ2) is 5.23. The van der Waals surface area contributed by atoms with Crippen molar-refractivity contribution in [2.45, 2.75) is 19.5 Å². The van der Waals surface area contributed by atoms with Crippen molar-refractivity contribution in [2.75, 3.05) is 6.54 Å². The molecule has 1 atom stereocenters. The minimum Gasteiger partial charge on any atom is -0.327 e. The average Bonchev–Trinajstić information content (AvgIpc) is 2.36. The van der Waals surface area contributed by atoms with Gasteiger partial charge in [0.15, 0.2) is 0 Å². The van der Waals surface area contributed by atoms with Gasteiger partial charge in [-0.3, -0.25) is 14.8 Å². The Labute approximate surface area is 118 Å². The maximum atomic E-state index is 11.9. The number of benzene rings is 1. The van der Waals surface area contributed by atoms with E-state index in [1.165, 1.54) is 11.8 Å². The van der Waals surface area contributed by atoms with Crippen LogP contribution in [0.1, 0.15) is 12.5 Å². The zero-order valence-corrected chi connectivity index (χ0v) is 12.0. The van der Waals surface area contributed by atoms with Gasteiger partial charge in [-0.15, -0.1) is 0 Å². The van der Waals surface area contributed by atoms with Crippen LogP contribution in [0.25, 0.3) is 0 Å². The van der Waals surface area contributed by atoms with Crippen LogP contribution in [0.2, 0.25) is 0 Å². The molecule has 0 radical (unpaired) electrons. The fourth-order valence-corrected chi connectivity index (χ4v) is 2.20. The molecular weight excluding hydrogens is 347 g/mol. The molecule has 1 aromatic rings. The molecule has 1 heterocycles. The number of hydrogen-bond acceptors (Lipinski definition) is 3. The minimum absolute atomic E-state index is 0.0777. The molecule has 1 fully saturated rings. The van der Waals surface area contributed by atoms with Crippen molar-refractivity contribution in [3.8, 4) is 0 Å². The quantitative estimate of drug-likeness (QED) is 0.638. The van der Waals surface area contributed by atoms with Crippen molar-refractivity contribution in [3.05, 3.63) is 33.4 Å². The van der Waals surface area contributed by atoms with Gasteiger partial charge in [0.25, 0.3) is 5.91 Å². The van der Waals surface area contributed by atoms with E-state index < -0.39 is 11.9 Å². The molecule has 1 N–H and O–H groups in total. The van der Waals surface area contributed by atoms with Gasteiger partial charge < -0.3 is 4.90 Å². The van der Waals surface area contributed by atoms with Crippen LogP contribution in [0.15, 0.2) is 24.3 Å². The van der Waals surface area contributed by atoms with Gasteiger partial charge in [-0.1, -0.05) is 12.1 Å². The van der Waals surface area contributed by atoms with Crippen LogP contribution in [-0.4, -0.2) is 39.6 Å². The Hall–Kier alpha value is -1.15. The number of hydroxylamine groups is 2. The van der Waals surface area contributed by atoms with E-state index in [-0.39, 0.29) is 12.5 Å². The fourth-order valence-electron chi connectivity index (χ4n) is 1.84. The summed E-state index contributed by atoms with van der Waals surface area (Å²) in [6.45, 7) is 1.83. The van der Waals surface area contributed by atoms with Crippen molar-refractivity contribution in [1.82, 2.24) is 9.96 Å². The summed E-state index contributed by atoms with van der Waals surface area (Å²) in [5.41, 5.74) is 0.968. The number of amides is 2. The van der Waals surface area contributed by atoms with E-state index in [0.29, 0.717) is 11.6 Å². The summed E-state index contributed by atoms with van der Waals surface area (Å²) >= 11 is 2.21. The molecule has 0 aromatic heterocycles. The smallest absolute Gasteiger partial charge is 0.266 e. The maximum Gasteiger partial charge on any atom is 0.266 e. The summed E-state index contributed by atoms with van der Waals surface area (Å²) in [6.07, 6.45) is 0. The van der Waals surface area contributed by atoms with E-state index >= 15 is 0 Å². The molecule has 1 aliphatic heterocycles. The van der Waals surface area contributed by atoms with Crippen molar-refractivity contribution in [2.24, 2.45) is 0 Å². The molecule has 1 saturated heterocycles. The van der Waals surface area contributed by atoms with Crippen LogP contribution in [-0.2, 0) is 16.1 Å². The van der Waals surface area contributed by atoms with Gasteiger partial charge in [-0.25, -0.2) is 5.06 Å². The van der Waals surface area contributed by atoms with Crippen LogP contribution in [0.3, 0.4) is 0 Å². The van der Waals surface area contributed by atoms with Gasteiger partial charge in [0.05, 0.1) is 0 Å². The minimum atomic E-state index is -0.810. The summed E-state index contributed by atoms with van der Waals surface area (Å²) in [4.78, 5) is 24.9. The molecule has 1 unspecified atom stereocenters. The first-order valence-electron chi connectivity index (χ1n) is 5.53. The van der Waals surface area contributed by atoms with E-state index in [1.54, 1.807) is 0 Å². The lowest BCUT2D eigenvalue weighted by atomic mass is 10.1. The summed E-state index contributed by atoms with van der Waals surface area (Å²) in [5.74, 6) is -0.691. The summed E-state index contributed by atoms with van der Waals surface area (Å²) in [5, 5.41) is 9.88. The molecule has 96 valence electrons. The Morgan fingerprint density at radius 2 is 1.94 bits per heavy atom. The highest BCUT2D eigenvalue weighted by Crippen LogP contribution is 2.15. The average molecular weight is 360 g/mol. The van der Waals surface area contributed by atoms with E-state index in [0.717, 1.165) is 9.13 Å². The highest BCUT2D eigenvalue weighted by molar-refractivity contribution is 14.1. The molecule has 6 heteroatoms. The van der Waals surface area contributed by atoms with Gasteiger partial charge in [0.2, 0.25) is 5.91 Å². The molecule has 0 bridgehead atoms.